The van der Waals surface area contributed by atoms with Crippen LogP contribution in [-0.2, 0) is 120 Å². The van der Waals surface area contributed by atoms with Crippen LogP contribution in [0.5, 0.6) is 0 Å². The Morgan fingerprint density at radius 3 is 0.911 bits per heavy atom. The van der Waals surface area contributed by atoms with E-state index in [1.54, 1.807) is 6.92 Å². The van der Waals surface area contributed by atoms with Crippen molar-refractivity contribution in [2.24, 2.45) is 23.7 Å². The van der Waals surface area contributed by atoms with E-state index in [0.29, 0.717) is 0 Å². The lowest BCUT2D eigenvalue weighted by Gasteiger charge is -2.48. The molecule has 8 aliphatic heterocycles. The number of ether oxygens (including phenoxy) is 16. The van der Waals surface area contributed by atoms with Gasteiger partial charge in [-0.15, -0.1) is 0 Å². The van der Waals surface area contributed by atoms with Gasteiger partial charge in [-0.1, -0.05) is 27.7 Å². The van der Waals surface area contributed by atoms with Gasteiger partial charge >= 0.3 is 31.2 Å². The maximum atomic E-state index is 11.8. The zero-order chi connectivity index (χ0) is 65.9. The summed E-state index contributed by atoms with van der Waals surface area (Å²) in [6, 6.07) is 0. The molecule has 0 spiro atoms. The number of methoxy groups -OCH3 is 1. The van der Waals surface area contributed by atoms with E-state index in [1.807, 2.05) is 0 Å². The molecule has 0 aromatic rings. The zero-order valence-corrected chi connectivity index (χ0v) is 51.7. The minimum atomic E-state index is -5.11. The molecule has 38 nitrogen and oxygen atoms in total. The number of aliphatic hydroxyl groups excluding tert-OH is 10. The van der Waals surface area contributed by atoms with E-state index < -0.39 is 267 Å². The number of aliphatic hydroxyl groups is 10. The molecule has 0 aliphatic carbocycles. The molecule has 32 atom stereocenters. The molecule has 8 fully saturated rings. The Balaban J connectivity index is 0.808. The van der Waals surface area contributed by atoms with Crippen molar-refractivity contribution in [2.75, 3.05) is 60.0 Å². The van der Waals surface area contributed by atoms with Crippen molar-refractivity contribution in [2.45, 2.75) is 226 Å². The van der Waals surface area contributed by atoms with Gasteiger partial charge in [0.15, 0.2) is 50.3 Å². The van der Waals surface area contributed by atoms with E-state index in [9.17, 15) is 85.4 Å². The van der Waals surface area contributed by atoms with E-state index in [1.165, 1.54) is 27.9 Å². The maximum Gasteiger partial charge on any atom is 0.397 e. The summed E-state index contributed by atoms with van der Waals surface area (Å²) < 4.78 is 205. The van der Waals surface area contributed by atoms with Crippen molar-refractivity contribution in [3.05, 3.63) is 0 Å². The topological polar surface area (TPSA) is 541 Å². The zero-order valence-electron chi connectivity index (χ0n) is 49.2. The molecule has 13 N–H and O–H groups in total. The van der Waals surface area contributed by atoms with Crippen molar-refractivity contribution in [3.63, 3.8) is 0 Å². The molecule has 0 aromatic heterocycles. The lowest BCUT2D eigenvalue weighted by atomic mass is 9.91. The fraction of sp³-hybridized carbons (Fsp3) is 1.00. The minimum absolute atomic E-state index is 0.218. The van der Waals surface area contributed by atoms with Gasteiger partial charge in [0.1, 0.15) is 73.2 Å². The van der Waals surface area contributed by atoms with Gasteiger partial charge in [0.25, 0.3) is 0 Å². The first kappa shape index (κ1) is 74.4. The third-order valence-electron chi connectivity index (χ3n) is 16.9. The molecule has 0 aromatic carbocycles. The van der Waals surface area contributed by atoms with Crippen LogP contribution in [0.2, 0.25) is 0 Å². The molecule has 90 heavy (non-hydrogen) atoms. The van der Waals surface area contributed by atoms with Crippen molar-refractivity contribution in [1.29, 1.82) is 0 Å². The molecule has 0 saturated carbocycles. The van der Waals surface area contributed by atoms with Gasteiger partial charge in [-0.25, -0.2) is 12.5 Å². The second-order valence-electron chi connectivity index (χ2n) is 23.4. The summed E-state index contributed by atoms with van der Waals surface area (Å²) in [5.74, 6) is -3.63. The van der Waals surface area contributed by atoms with Crippen molar-refractivity contribution in [3.8, 4) is 0 Å². The van der Waals surface area contributed by atoms with Gasteiger partial charge in [-0.3, -0.25) is 13.7 Å². The Bertz CT molecular complexity index is 2580. The van der Waals surface area contributed by atoms with Crippen molar-refractivity contribution < 1.29 is 178 Å². The smallest absolute Gasteiger partial charge is 0.394 e. The third-order valence-corrected chi connectivity index (χ3v) is 18.2. The Labute approximate surface area is 517 Å². The van der Waals surface area contributed by atoms with Crippen LogP contribution in [0.25, 0.3) is 0 Å². The predicted octanol–water partition coefficient (Wildman–Crippen LogP) is -6.54. The number of rotatable bonds is 25. The van der Waals surface area contributed by atoms with Gasteiger partial charge in [-0.2, -0.15) is 25.3 Å². The van der Waals surface area contributed by atoms with E-state index in [-0.39, 0.29) is 38.9 Å². The fourth-order valence-corrected chi connectivity index (χ4v) is 12.5. The molecule has 8 unspecified atom stereocenters. The quantitative estimate of drug-likeness (QED) is 0.0378. The lowest BCUT2D eigenvalue weighted by molar-refractivity contribution is -0.360. The molecule has 0 bridgehead atoms. The maximum absolute atomic E-state index is 11.8. The van der Waals surface area contributed by atoms with Gasteiger partial charge in [0, 0.05) is 56.5 Å². The second kappa shape index (κ2) is 31.8. The average molecular weight is 1380 g/mol. The highest BCUT2D eigenvalue weighted by atomic mass is 32.3. The minimum Gasteiger partial charge on any atom is -0.394 e. The predicted molar refractivity (Wildman–Crippen MR) is 283 cm³/mol. The first-order chi connectivity index (χ1) is 42.2. The summed E-state index contributed by atoms with van der Waals surface area (Å²) >= 11 is 0. The van der Waals surface area contributed by atoms with Gasteiger partial charge in [-0.05, 0) is 0 Å². The molecule has 8 rings (SSSR count). The third kappa shape index (κ3) is 19.4. The highest BCUT2D eigenvalue weighted by Crippen LogP contribution is 2.39. The summed E-state index contributed by atoms with van der Waals surface area (Å²) in [5.41, 5.74) is 0. The molecule has 0 amide bonds. The molecule has 8 heterocycles. The first-order valence-corrected chi connectivity index (χ1v) is 33.1. The Kier molecular flexibility index (Phi) is 26.3. The highest BCUT2D eigenvalue weighted by molar-refractivity contribution is 7.81. The SMILES string of the molecule is CO[C@H]1OC(COS(=O)(=O)O)[C@@H](O[C@H]2C[C@H](O)[C@H](O[C@@H]3OC(COS(=O)(=O)O)[C@@H](O[C@H]4C[C@H](O)[C@H](O[C@@H]5OC(CO)[C@@H](O[C@H]6C[C@H](O)[C@H](O[C@@H]7OC(COS(=O)(=O)O)[C@@H](O[C@H]8C[C@H](O)[C@H](O)CO8)[C@H](O)C7C)CO6)[C@H](O)C5C)CO4)[C@H](O)C3C)CO2)[C@H](O)C1C. The van der Waals surface area contributed by atoms with E-state index in [4.69, 9.17) is 80.3 Å². The molecule has 41 heteroatoms. The van der Waals surface area contributed by atoms with Crippen LogP contribution in [0, 0.1) is 23.7 Å². The van der Waals surface area contributed by atoms with Crippen LogP contribution in [-0.4, -0.2) is 322 Å². The average Bonchev–Trinajstić information content (AvgIpc) is 0.835. The van der Waals surface area contributed by atoms with E-state index >= 15 is 0 Å². The lowest BCUT2D eigenvalue weighted by Crippen LogP contribution is -2.61. The largest absolute Gasteiger partial charge is 0.397 e. The van der Waals surface area contributed by atoms with Gasteiger partial charge in [0.2, 0.25) is 0 Å². The summed E-state index contributed by atoms with van der Waals surface area (Å²) in [4.78, 5) is 0. The molecule has 8 aliphatic rings. The van der Waals surface area contributed by atoms with Gasteiger partial charge < -0.3 is 127 Å². The van der Waals surface area contributed by atoms with Crippen molar-refractivity contribution in [1.82, 2.24) is 0 Å². The monoisotopic (exact) mass is 1380 g/mol. The van der Waals surface area contributed by atoms with Gasteiger partial charge in [0.05, 0.1) is 102 Å². The van der Waals surface area contributed by atoms with Crippen LogP contribution < -0.4 is 0 Å². The second-order valence-corrected chi connectivity index (χ2v) is 26.7. The van der Waals surface area contributed by atoms with Crippen LogP contribution in [0.1, 0.15) is 53.4 Å². The fourth-order valence-electron chi connectivity index (χ4n) is 11.6. The summed E-state index contributed by atoms with van der Waals surface area (Å²) in [5, 5.41) is 110. The number of hydrogen-bond acceptors (Lipinski definition) is 35. The summed E-state index contributed by atoms with van der Waals surface area (Å²) in [6.45, 7) is 1.20. The van der Waals surface area contributed by atoms with Crippen LogP contribution >= 0.6 is 0 Å². The van der Waals surface area contributed by atoms with E-state index in [2.05, 4.69) is 12.5 Å². The molecular formula is C49H84O38S3. The number of hydrogen-bond donors (Lipinski definition) is 13. The Hall–Kier alpha value is -1.43. The first-order valence-electron chi connectivity index (χ1n) is 29.0. The Morgan fingerprint density at radius 1 is 0.367 bits per heavy atom. The standard InChI is InChI=1S/C49H84O38S3/c1-18-38(56)43(31(81-46(18)69-5)15-74-88(60,61)62)86-36-9-25(54)30(14-73-36)80-49-21(4)41(59)45(33(83-49)17-76-90(66,67)68)87-37-8-24(53)28(12-72-37)78-47-19(2)39(57)42(27(10-50)77-47)84-35-7-23(52)29(13-71-35)79-48-20(3)40(58)44(32(82-48)16-75-89(63,64)65)85-34-6-22(51)26(55)11-70-34/h18-59H,6-17H2,1-5H3,(H,60,61,62)(H,63,64,65)(H,66,67,68)/t18?,19?,20?,21?,22-,23-,24-,25-,26+,27?,28+,29+,30+,31?,32?,33?,34-,35-,36-,37-,38+,39+,40+,41+,42+,43+,44+,45+,46-,47-,48+,49+/m0/s1. The van der Waals surface area contributed by atoms with Crippen LogP contribution in [0.3, 0.4) is 0 Å². The summed E-state index contributed by atoms with van der Waals surface area (Å²) in [6.07, 6.45) is -38.4. The Morgan fingerprint density at radius 2 is 0.633 bits per heavy atom. The molecule has 8 saturated heterocycles. The molecule has 526 valence electrons. The van der Waals surface area contributed by atoms with Crippen LogP contribution in [0.4, 0.5) is 0 Å². The highest BCUT2D eigenvalue weighted by Gasteiger charge is 2.54. The van der Waals surface area contributed by atoms with E-state index in [0.717, 1.165) is 0 Å². The summed E-state index contributed by atoms with van der Waals surface area (Å²) in [7, 11) is -13.8. The van der Waals surface area contributed by atoms with Crippen molar-refractivity contribution >= 4 is 31.2 Å². The molecular weight excluding hydrogens is 1290 g/mol. The van der Waals surface area contributed by atoms with Crippen LogP contribution in [0.15, 0.2) is 0 Å². The normalized spacial score (nSPS) is 47.0. The molecule has 0 radical (unpaired) electrons.